The first-order chi connectivity index (χ1) is 20.3. The number of nitrogens with zero attached hydrogens (tertiary/aromatic N) is 2. The van der Waals surface area contributed by atoms with Crippen molar-refractivity contribution in [1.82, 2.24) is 21.3 Å². The molecule has 0 fully saturated rings. The Hall–Kier alpha value is -5.78. The first-order valence-electron chi connectivity index (χ1n) is 13.0. The minimum atomic E-state index is -0.544. The molecule has 4 amide bonds. The van der Waals surface area contributed by atoms with Crippen molar-refractivity contribution in [2.24, 2.45) is 0 Å². The minimum Gasteiger partial charge on any atom is -0.334 e. The molecule has 42 heavy (non-hydrogen) atoms. The monoisotopic (exact) mass is 568 g/mol. The summed E-state index contributed by atoms with van der Waals surface area (Å²) >= 11 is 0. The van der Waals surface area contributed by atoms with Crippen LogP contribution < -0.4 is 21.3 Å². The Kier molecular flexibility index (Phi) is 9.76. The number of rotatable bonds is 11. The predicted molar refractivity (Wildman–Crippen MR) is 156 cm³/mol. The van der Waals surface area contributed by atoms with Gasteiger partial charge in [0.15, 0.2) is 0 Å². The highest BCUT2D eigenvalue weighted by atomic mass is 16.6. The van der Waals surface area contributed by atoms with E-state index < -0.39 is 21.9 Å². The van der Waals surface area contributed by atoms with Gasteiger partial charge in [-0.3, -0.25) is 20.2 Å². The summed E-state index contributed by atoms with van der Waals surface area (Å²) in [5.41, 5.74) is 3.31. The Balaban J connectivity index is 1.54. The van der Waals surface area contributed by atoms with Gasteiger partial charge in [-0.2, -0.15) is 0 Å². The molecule has 0 spiro atoms. The normalized spacial score (nSPS) is 10.4. The van der Waals surface area contributed by atoms with Gasteiger partial charge in [-0.25, -0.2) is 9.59 Å². The van der Waals surface area contributed by atoms with Crippen LogP contribution in [0.1, 0.15) is 22.3 Å². The van der Waals surface area contributed by atoms with Crippen molar-refractivity contribution in [3.63, 3.8) is 0 Å². The van der Waals surface area contributed by atoms with Crippen molar-refractivity contribution >= 4 is 23.4 Å². The summed E-state index contributed by atoms with van der Waals surface area (Å²) in [6.07, 6.45) is 0. The van der Waals surface area contributed by atoms with Gasteiger partial charge in [-0.05, 0) is 45.5 Å². The summed E-state index contributed by atoms with van der Waals surface area (Å²) in [5, 5.41) is 33.9. The first kappa shape index (κ1) is 29.2. The first-order valence-corrected chi connectivity index (χ1v) is 13.0. The molecular weight excluding hydrogens is 540 g/mol. The average molecular weight is 569 g/mol. The second-order valence-electron chi connectivity index (χ2n) is 9.24. The SMILES string of the molecule is O=C(NCc1ccccc1)NCc1cc([N+](=O)[O-])ccc1-c1ccc([N+](=O)[O-])cc1CNC(=O)NCc1ccccc1. The second-order valence-corrected chi connectivity index (χ2v) is 9.24. The van der Waals surface area contributed by atoms with Crippen LogP contribution >= 0.6 is 0 Å². The largest absolute Gasteiger partial charge is 0.334 e. The zero-order chi connectivity index (χ0) is 29.9. The lowest BCUT2D eigenvalue weighted by Gasteiger charge is -2.16. The number of carbonyl (C=O) groups is 2. The van der Waals surface area contributed by atoms with Gasteiger partial charge >= 0.3 is 12.1 Å². The zero-order valence-corrected chi connectivity index (χ0v) is 22.4. The number of non-ortho nitro benzene ring substituents is 2. The van der Waals surface area contributed by atoms with Crippen molar-refractivity contribution in [3.8, 4) is 11.1 Å². The third-order valence-corrected chi connectivity index (χ3v) is 6.36. The smallest absolute Gasteiger partial charge is 0.315 e. The Morgan fingerprint density at radius 3 is 1.24 bits per heavy atom. The van der Waals surface area contributed by atoms with E-state index in [1.807, 2.05) is 60.7 Å². The van der Waals surface area contributed by atoms with E-state index >= 15 is 0 Å². The fraction of sp³-hybridized carbons (Fsp3) is 0.133. The average Bonchev–Trinajstić information content (AvgIpc) is 3.01. The molecule has 214 valence electrons. The van der Waals surface area contributed by atoms with Gasteiger partial charge in [0.05, 0.1) is 9.85 Å². The maximum absolute atomic E-state index is 12.5. The summed E-state index contributed by atoms with van der Waals surface area (Å²) in [7, 11) is 0. The molecule has 0 heterocycles. The van der Waals surface area contributed by atoms with Crippen molar-refractivity contribution in [3.05, 3.63) is 140 Å². The maximum Gasteiger partial charge on any atom is 0.315 e. The molecule has 0 aromatic heterocycles. The van der Waals surface area contributed by atoms with E-state index in [0.29, 0.717) is 35.3 Å². The van der Waals surface area contributed by atoms with Gasteiger partial charge in [-0.1, -0.05) is 60.7 Å². The molecule has 4 N–H and O–H groups in total. The molecule has 0 aliphatic rings. The maximum atomic E-state index is 12.5. The molecule has 0 saturated carbocycles. The van der Waals surface area contributed by atoms with Crippen LogP contribution in [-0.4, -0.2) is 21.9 Å². The lowest BCUT2D eigenvalue weighted by Crippen LogP contribution is -2.35. The fourth-order valence-corrected chi connectivity index (χ4v) is 4.24. The Morgan fingerprint density at radius 2 is 0.881 bits per heavy atom. The molecule has 0 atom stereocenters. The van der Waals surface area contributed by atoms with Gasteiger partial charge in [0.1, 0.15) is 0 Å². The molecule has 0 aliphatic carbocycles. The molecule has 0 aliphatic heterocycles. The number of nitrogens with one attached hydrogen (secondary N) is 4. The minimum absolute atomic E-state index is 0.0565. The number of benzene rings is 4. The topological polar surface area (TPSA) is 169 Å². The highest BCUT2D eigenvalue weighted by Gasteiger charge is 2.18. The molecule has 0 radical (unpaired) electrons. The van der Waals surface area contributed by atoms with E-state index in [1.165, 1.54) is 36.4 Å². The van der Waals surface area contributed by atoms with Gasteiger partial charge in [0, 0.05) is 50.4 Å². The lowest BCUT2D eigenvalue weighted by molar-refractivity contribution is -0.385. The number of carbonyl (C=O) groups excluding carboxylic acids is 2. The van der Waals surface area contributed by atoms with Gasteiger partial charge < -0.3 is 21.3 Å². The van der Waals surface area contributed by atoms with Crippen molar-refractivity contribution in [2.45, 2.75) is 26.2 Å². The van der Waals surface area contributed by atoms with Crippen molar-refractivity contribution in [1.29, 1.82) is 0 Å². The second kappa shape index (κ2) is 14.0. The highest BCUT2D eigenvalue weighted by molar-refractivity contribution is 5.78. The van der Waals surface area contributed by atoms with Crippen molar-refractivity contribution in [2.75, 3.05) is 0 Å². The Morgan fingerprint density at radius 1 is 0.524 bits per heavy atom. The standard InChI is InChI=1S/C30H28N6O6/c37-29(31-17-21-7-3-1-4-8-21)33-19-23-15-25(35(39)40)11-13-27(23)28-14-12-26(36(41)42)16-24(28)20-34-30(38)32-18-22-9-5-2-6-10-22/h1-16H,17-20H2,(H2,31,33,37)(H2,32,34,38). The third-order valence-electron chi connectivity index (χ3n) is 6.36. The number of amides is 4. The van der Waals surface area contributed by atoms with Gasteiger partial charge in [-0.15, -0.1) is 0 Å². The molecular formula is C30H28N6O6. The predicted octanol–water partition coefficient (Wildman–Crippen LogP) is 5.17. The van der Waals surface area contributed by atoms with Crippen LogP contribution in [0.5, 0.6) is 0 Å². The van der Waals surface area contributed by atoms with Crippen LogP contribution in [0.3, 0.4) is 0 Å². The number of urea groups is 2. The molecule has 4 rings (SSSR count). The highest BCUT2D eigenvalue weighted by Crippen LogP contribution is 2.32. The summed E-state index contributed by atoms with van der Waals surface area (Å²) < 4.78 is 0. The molecule has 4 aromatic carbocycles. The lowest BCUT2D eigenvalue weighted by atomic mass is 9.94. The summed E-state index contributed by atoms with van der Waals surface area (Å²) in [4.78, 5) is 46.9. The van der Waals surface area contributed by atoms with E-state index in [1.54, 1.807) is 0 Å². The molecule has 0 bridgehead atoms. The number of nitro groups is 2. The van der Waals surface area contributed by atoms with Crippen LogP contribution in [0, 0.1) is 20.2 Å². The molecule has 0 saturated heterocycles. The number of hydrogen-bond acceptors (Lipinski definition) is 6. The van der Waals surface area contributed by atoms with Gasteiger partial charge in [0.25, 0.3) is 11.4 Å². The summed E-state index contributed by atoms with van der Waals surface area (Å²) in [5.74, 6) is 0. The molecule has 12 nitrogen and oxygen atoms in total. The van der Waals surface area contributed by atoms with E-state index in [0.717, 1.165) is 11.1 Å². The molecule has 0 unspecified atom stereocenters. The summed E-state index contributed by atoms with van der Waals surface area (Å²) in [6.45, 7) is 0.468. The Labute approximate surface area is 241 Å². The van der Waals surface area contributed by atoms with Crippen LogP contribution in [-0.2, 0) is 26.2 Å². The van der Waals surface area contributed by atoms with Crippen LogP contribution in [0.2, 0.25) is 0 Å². The van der Waals surface area contributed by atoms with E-state index in [-0.39, 0.29) is 24.5 Å². The summed E-state index contributed by atoms with van der Waals surface area (Å²) in [6, 6.07) is 26.0. The van der Waals surface area contributed by atoms with E-state index in [9.17, 15) is 29.8 Å². The fourth-order valence-electron chi connectivity index (χ4n) is 4.24. The number of hydrogen-bond donors (Lipinski definition) is 4. The van der Waals surface area contributed by atoms with Crippen LogP contribution in [0.25, 0.3) is 11.1 Å². The number of nitro benzene ring substituents is 2. The van der Waals surface area contributed by atoms with Crippen molar-refractivity contribution < 1.29 is 19.4 Å². The molecule has 12 heteroatoms. The van der Waals surface area contributed by atoms with Crippen LogP contribution in [0.4, 0.5) is 21.0 Å². The third kappa shape index (κ3) is 8.11. The zero-order valence-electron chi connectivity index (χ0n) is 22.4. The van der Waals surface area contributed by atoms with E-state index in [2.05, 4.69) is 21.3 Å². The Bertz CT molecular complexity index is 1460. The molecule has 4 aromatic rings. The quantitative estimate of drug-likeness (QED) is 0.144. The van der Waals surface area contributed by atoms with Gasteiger partial charge in [0.2, 0.25) is 0 Å². The van der Waals surface area contributed by atoms with Crippen LogP contribution in [0.15, 0.2) is 97.1 Å². The van der Waals surface area contributed by atoms with E-state index in [4.69, 9.17) is 0 Å².